The molecular weight excluding hydrogens is 224 g/mol. The quantitative estimate of drug-likeness (QED) is 0.800. The molecular formula is C15H12N2O. The van der Waals surface area contributed by atoms with Crippen molar-refractivity contribution >= 4 is 23.5 Å². The van der Waals surface area contributed by atoms with Gasteiger partial charge in [0.2, 0.25) is 5.91 Å². The van der Waals surface area contributed by atoms with Crippen molar-refractivity contribution in [2.75, 3.05) is 4.90 Å². The van der Waals surface area contributed by atoms with Crippen LogP contribution in [0.5, 0.6) is 0 Å². The molecule has 0 spiro atoms. The maximum atomic E-state index is 12.4. The van der Waals surface area contributed by atoms with Gasteiger partial charge in [0.05, 0.1) is 5.69 Å². The number of fused-ring (bicyclic) bond motifs is 1. The Kier molecular flexibility index (Phi) is 2.45. The van der Waals surface area contributed by atoms with Crippen molar-refractivity contribution in [2.45, 2.75) is 5.92 Å². The summed E-state index contributed by atoms with van der Waals surface area (Å²) in [6, 6.07) is 17.2. The normalized spacial score (nSPS) is 17.7. The summed E-state index contributed by atoms with van der Waals surface area (Å²) in [5.41, 5.74) is 2.63. The van der Waals surface area contributed by atoms with E-state index in [2.05, 4.69) is 0 Å². The number of hydrogen-bond donors (Lipinski definition) is 1. The average Bonchev–Trinajstić information content (AvgIpc) is 2.71. The van der Waals surface area contributed by atoms with Gasteiger partial charge in [0.15, 0.2) is 0 Å². The Morgan fingerprint density at radius 2 is 1.67 bits per heavy atom. The zero-order valence-corrected chi connectivity index (χ0v) is 9.71. The molecule has 1 amide bonds. The highest BCUT2D eigenvalue weighted by Gasteiger charge is 2.36. The predicted molar refractivity (Wildman–Crippen MR) is 71.6 cm³/mol. The molecule has 0 saturated heterocycles. The van der Waals surface area contributed by atoms with E-state index < -0.39 is 5.92 Å². The fourth-order valence-corrected chi connectivity index (χ4v) is 2.35. The van der Waals surface area contributed by atoms with E-state index in [0.717, 1.165) is 16.9 Å². The first-order chi connectivity index (χ1) is 8.83. The molecule has 0 aromatic heterocycles. The number of carbonyl (C=O) groups excluding carboxylic acids is 1. The lowest BCUT2D eigenvalue weighted by atomic mass is 10.0. The molecule has 0 radical (unpaired) electrons. The molecule has 3 nitrogen and oxygen atoms in total. The topological polar surface area (TPSA) is 44.2 Å². The molecule has 3 heteroatoms. The van der Waals surface area contributed by atoms with Crippen LogP contribution in [-0.2, 0) is 4.79 Å². The van der Waals surface area contributed by atoms with E-state index in [-0.39, 0.29) is 5.91 Å². The van der Waals surface area contributed by atoms with Gasteiger partial charge in [-0.3, -0.25) is 9.69 Å². The fraction of sp³-hybridized carbons (Fsp3) is 0.0667. The molecule has 1 heterocycles. The van der Waals surface area contributed by atoms with Crippen molar-refractivity contribution in [1.29, 1.82) is 5.41 Å². The van der Waals surface area contributed by atoms with Gasteiger partial charge < -0.3 is 5.41 Å². The Labute approximate surface area is 105 Å². The molecule has 88 valence electrons. The van der Waals surface area contributed by atoms with Gasteiger partial charge in [0, 0.05) is 11.9 Å². The number of carbonyl (C=O) groups is 1. The minimum Gasteiger partial charge on any atom is -0.312 e. The molecule has 2 aromatic rings. The second-order valence-corrected chi connectivity index (χ2v) is 4.21. The van der Waals surface area contributed by atoms with E-state index in [1.165, 1.54) is 6.21 Å². The highest BCUT2D eigenvalue weighted by Crippen LogP contribution is 2.40. The molecule has 18 heavy (non-hydrogen) atoms. The standard InChI is InChI=1S/C15H12N2O/c16-10-13-12-8-4-5-9-14(12)17(15(13)18)11-6-2-1-3-7-11/h1-10,13,16H/t13-/m0/s1. The Bertz CT molecular complexity index is 607. The Morgan fingerprint density at radius 3 is 2.39 bits per heavy atom. The van der Waals surface area contributed by atoms with Crippen LogP contribution in [0.1, 0.15) is 11.5 Å². The van der Waals surface area contributed by atoms with Crippen molar-refractivity contribution in [1.82, 2.24) is 0 Å². The zero-order chi connectivity index (χ0) is 12.5. The van der Waals surface area contributed by atoms with Crippen molar-refractivity contribution in [3.05, 3.63) is 60.2 Å². The summed E-state index contributed by atoms with van der Waals surface area (Å²) < 4.78 is 0. The number of amides is 1. The van der Waals surface area contributed by atoms with Crippen molar-refractivity contribution in [3.63, 3.8) is 0 Å². The first-order valence-electron chi connectivity index (χ1n) is 5.81. The number of hydrogen-bond acceptors (Lipinski definition) is 2. The summed E-state index contributed by atoms with van der Waals surface area (Å²) in [5, 5.41) is 7.44. The van der Waals surface area contributed by atoms with Crippen LogP contribution in [0.15, 0.2) is 54.6 Å². The summed E-state index contributed by atoms with van der Waals surface area (Å²) in [5.74, 6) is -0.515. The zero-order valence-electron chi connectivity index (χ0n) is 9.71. The SMILES string of the molecule is N=C[C@@H]1C(=O)N(c2ccccc2)c2ccccc21. The van der Waals surface area contributed by atoms with Crippen LogP contribution < -0.4 is 4.90 Å². The van der Waals surface area contributed by atoms with Crippen LogP contribution in [0, 0.1) is 5.41 Å². The Morgan fingerprint density at radius 1 is 1.00 bits per heavy atom. The monoisotopic (exact) mass is 236 g/mol. The third kappa shape index (κ3) is 1.44. The van der Waals surface area contributed by atoms with Crippen LogP contribution in [0.3, 0.4) is 0 Å². The highest BCUT2D eigenvalue weighted by molar-refractivity contribution is 6.17. The summed E-state index contributed by atoms with van der Waals surface area (Å²) in [7, 11) is 0. The lowest BCUT2D eigenvalue weighted by molar-refractivity contribution is -0.117. The second kappa shape index (κ2) is 4.11. The van der Waals surface area contributed by atoms with Gasteiger partial charge in [0.1, 0.15) is 5.92 Å². The molecule has 1 aliphatic heterocycles. The maximum absolute atomic E-state index is 12.4. The van der Waals surface area contributed by atoms with Gasteiger partial charge in [0.25, 0.3) is 0 Å². The highest BCUT2D eigenvalue weighted by atomic mass is 16.2. The number of nitrogens with one attached hydrogen (secondary N) is 1. The van der Waals surface area contributed by atoms with Crippen molar-refractivity contribution in [3.8, 4) is 0 Å². The minimum absolute atomic E-state index is 0.0580. The first-order valence-corrected chi connectivity index (χ1v) is 5.81. The summed E-state index contributed by atoms with van der Waals surface area (Å²) in [6.45, 7) is 0. The molecule has 0 unspecified atom stereocenters. The third-order valence-corrected chi connectivity index (χ3v) is 3.18. The van der Waals surface area contributed by atoms with E-state index in [9.17, 15) is 4.79 Å². The summed E-state index contributed by atoms with van der Waals surface area (Å²) in [4.78, 5) is 14.1. The van der Waals surface area contributed by atoms with Gasteiger partial charge >= 0.3 is 0 Å². The largest absolute Gasteiger partial charge is 0.312 e. The number of benzene rings is 2. The van der Waals surface area contributed by atoms with Gasteiger partial charge in [-0.05, 0) is 23.8 Å². The predicted octanol–water partition coefficient (Wildman–Crippen LogP) is 3.10. The van der Waals surface area contributed by atoms with Gasteiger partial charge in [-0.2, -0.15) is 0 Å². The van der Waals surface area contributed by atoms with Gasteiger partial charge in [-0.25, -0.2) is 0 Å². The number of nitrogens with zero attached hydrogens (tertiary/aromatic N) is 1. The van der Waals surface area contributed by atoms with E-state index >= 15 is 0 Å². The average molecular weight is 236 g/mol. The van der Waals surface area contributed by atoms with Crippen LogP contribution in [0.25, 0.3) is 0 Å². The first kappa shape index (κ1) is 10.7. The van der Waals surface area contributed by atoms with E-state index in [0.29, 0.717) is 0 Å². The molecule has 0 fully saturated rings. The van der Waals surface area contributed by atoms with Crippen LogP contribution in [0.2, 0.25) is 0 Å². The number of para-hydroxylation sites is 2. The molecule has 3 rings (SSSR count). The minimum atomic E-state index is -0.457. The van der Waals surface area contributed by atoms with Crippen molar-refractivity contribution < 1.29 is 4.79 Å². The molecule has 0 saturated carbocycles. The van der Waals surface area contributed by atoms with Gasteiger partial charge in [-0.1, -0.05) is 36.4 Å². The molecule has 0 bridgehead atoms. The lowest BCUT2D eigenvalue weighted by Gasteiger charge is -2.17. The summed E-state index contributed by atoms with van der Waals surface area (Å²) >= 11 is 0. The van der Waals surface area contributed by atoms with Crippen molar-refractivity contribution in [2.24, 2.45) is 0 Å². The fourth-order valence-electron chi connectivity index (χ4n) is 2.35. The smallest absolute Gasteiger partial charge is 0.244 e. The van der Waals surface area contributed by atoms with Gasteiger partial charge in [-0.15, -0.1) is 0 Å². The molecule has 1 N–H and O–H groups in total. The molecule has 1 aliphatic rings. The van der Waals surface area contributed by atoms with E-state index in [1.807, 2.05) is 54.6 Å². The maximum Gasteiger partial charge on any atom is 0.244 e. The Balaban J connectivity index is 2.17. The van der Waals surface area contributed by atoms with Crippen LogP contribution in [-0.4, -0.2) is 12.1 Å². The van der Waals surface area contributed by atoms with E-state index in [4.69, 9.17) is 5.41 Å². The lowest BCUT2D eigenvalue weighted by Crippen LogP contribution is -2.24. The van der Waals surface area contributed by atoms with Crippen LogP contribution >= 0.6 is 0 Å². The molecule has 1 atom stereocenters. The van der Waals surface area contributed by atoms with E-state index in [1.54, 1.807) is 4.90 Å². The number of anilines is 2. The number of rotatable bonds is 2. The third-order valence-electron chi connectivity index (χ3n) is 3.18. The molecule has 2 aromatic carbocycles. The van der Waals surface area contributed by atoms with Crippen LogP contribution in [0.4, 0.5) is 11.4 Å². The summed E-state index contributed by atoms with van der Waals surface area (Å²) in [6.07, 6.45) is 1.21. The second-order valence-electron chi connectivity index (χ2n) is 4.21. The molecule has 0 aliphatic carbocycles. The Hall–Kier alpha value is -2.42.